The number of amides is 1. The van der Waals surface area contributed by atoms with Crippen LogP contribution in [-0.2, 0) is 21.2 Å². The third kappa shape index (κ3) is 3.64. The SMILES string of the molecule is O=C(CCn1ccc2ccccc21)N1CCN([C@@H]2CCS(=O)(=O)C2)CC1. The van der Waals surface area contributed by atoms with Crippen LogP contribution in [0.1, 0.15) is 12.8 Å². The van der Waals surface area contributed by atoms with E-state index < -0.39 is 9.84 Å². The van der Waals surface area contributed by atoms with Gasteiger partial charge >= 0.3 is 0 Å². The van der Waals surface area contributed by atoms with Crippen molar-refractivity contribution in [2.75, 3.05) is 37.7 Å². The second-order valence-corrected chi connectivity index (χ2v) is 9.52. The molecule has 3 heterocycles. The fourth-order valence-corrected chi connectivity index (χ4v) is 5.87. The van der Waals surface area contributed by atoms with Crippen LogP contribution in [0.4, 0.5) is 0 Å². The average molecular weight is 375 g/mol. The Labute approximate surface area is 154 Å². The summed E-state index contributed by atoms with van der Waals surface area (Å²) in [5.74, 6) is 0.769. The molecular formula is C19H25N3O3S. The van der Waals surface area contributed by atoms with Crippen molar-refractivity contribution in [2.45, 2.75) is 25.4 Å². The zero-order chi connectivity index (χ0) is 18.1. The van der Waals surface area contributed by atoms with Crippen LogP contribution in [0.15, 0.2) is 36.5 Å². The van der Waals surface area contributed by atoms with Crippen molar-refractivity contribution in [3.05, 3.63) is 36.5 Å². The minimum absolute atomic E-state index is 0.142. The maximum atomic E-state index is 12.6. The summed E-state index contributed by atoms with van der Waals surface area (Å²) in [6.07, 6.45) is 3.27. The lowest BCUT2D eigenvalue weighted by Crippen LogP contribution is -2.52. The number of piperazine rings is 1. The molecule has 1 aromatic carbocycles. The van der Waals surface area contributed by atoms with E-state index in [1.807, 2.05) is 23.2 Å². The predicted molar refractivity (Wildman–Crippen MR) is 102 cm³/mol. The van der Waals surface area contributed by atoms with Gasteiger partial charge in [0.2, 0.25) is 5.91 Å². The topological polar surface area (TPSA) is 62.6 Å². The second kappa shape index (κ2) is 7.04. The van der Waals surface area contributed by atoms with Crippen molar-refractivity contribution in [1.29, 1.82) is 0 Å². The molecule has 0 radical (unpaired) electrons. The molecule has 0 spiro atoms. The van der Waals surface area contributed by atoms with Crippen molar-refractivity contribution in [2.24, 2.45) is 0 Å². The van der Waals surface area contributed by atoms with Gasteiger partial charge in [-0.05, 0) is 23.9 Å². The van der Waals surface area contributed by atoms with Gasteiger partial charge in [-0.15, -0.1) is 0 Å². The molecule has 140 valence electrons. The molecular weight excluding hydrogens is 350 g/mol. The van der Waals surface area contributed by atoms with Crippen LogP contribution in [0, 0.1) is 0 Å². The standard InChI is InChI=1S/C19H25N3O3S/c23-19(6-9-21-8-5-16-3-1-2-4-18(16)21)22-12-10-20(11-13-22)17-7-14-26(24,25)15-17/h1-5,8,17H,6-7,9-15H2/t17-/m1/s1. The zero-order valence-electron chi connectivity index (χ0n) is 14.9. The van der Waals surface area contributed by atoms with E-state index in [1.54, 1.807) is 0 Å². The smallest absolute Gasteiger partial charge is 0.224 e. The summed E-state index contributed by atoms with van der Waals surface area (Å²) in [5, 5.41) is 1.19. The lowest BCUT2D eigenvalue weighted by Gasteiger charge is -2.37. The van der Waals surface area contributed by atoms with Gasteiger partial charge in [0.15, 0.2) is 9.84 Å². The number of hydrogen-bond donors (Lipinski definition) is 0. The predicted octanol–water partition coefficient (Wildman–Crippen LogP) is 1.36. The molecule has 0 unspecified atom stereocenters. The number of carbonyl (C=O) groups excluding carboxylic acids is 1. The van der Waals surface area contributed by atoms with Crippen LogP contribution in [-0.4, -0.2) is 72.4 Å². The molecule has 2 saturated heterocycles. The minimum atomic E-state index is -2.85. The quantitative estimate of drug-likeness (QED) is 0.810. The van der Waals surface area contributed by atoms with Crippen molar-refractivity contribution >= 4 is 26.6 Å². The van der Waals surface area contributed by atoms with Crippen LogP contribution in [0.3, 0.4) is 0 Å². The molecule has 4 rings (SSSR count). The summed E-state index contributed by atoms with van der Waals surface area (Å²) in [6, 6.07) is 10.4. The Morgan fingerprint density at radius 2 is 1.85 bits per heavy atom. The largest absolute Gasteiger partial charge is 0.347 e. The first-order chi connectivity index (χ1) is 12.5. The van der Waals surface area contributed by atoms with Gasteiger partial charge in [0.25, 0.3) is 0 Å². The second-order valence-electron chi connectivity index (χ2n) is 7.29. The van der Waals surface area contributed by atoms with E-state index >= 15 is 0 Å². The molecule has 2 aromatic rings. The van der Waals surface area contributed by atoms with Gasteiger partial charge in [-0.3, -0.25) is 9.69 Å². The lowest BCUT2D eigenvalue weighted by molar-refractivity contribution is -0.133. The first kappa shape index (κ1) is 17.5. The van der Waals surface area contributed by atoms with Crippen LogP contribution in [0.2, 0.25) is 0 Å². The van der Waals surface area contributed by atoms with E-state index in [1.165, 1.54) is 5.39 Å². The van der Waals surface area contributed by atoms with Gasteiger partial charge in [0, 0.05) is 56.9 Å². The number of sulfone groups is 1. The highest BCUT2D eigenvalue weighted by molar-refractivity contribution is 7.91. The van der Waals surface area contributed by atoms with Gasteiger partial charge in [0.05, 0.1) is 11.5 Å². The molecule has 26 heavy (non-hydrogen) atoms. The van der Waals surface area contributed by atoms with Crippen LogP contribution < -0.4 is 0 Å². The molecule has 1 amide bonds. The number of para-hydroxylation sites is 1. The van der Waals surface area contributed by atoms with E-state index in [0.717, 1.165) is 25.0 Å². The van der Waals surface area contributed by atoms with Crippen LogP contribution in [0.25, 0.3) is 10.9 Å². The van der Waals surface area contributed by atoms with Gasteiger partial charge < -0.3 is 9.47 Å². The lowest BCUT2D eigenvalue weighted by atomic mass is 10.2. The Hall–Kier alpha value is -1.86. The molecule has 2 fully saturated rings. The number of rotatable bonds is 4. The summed E-state index contributed by atoms with van der Waals surface area (Å²) >= 11 is 0. The third-order valence-corrected chi connectivity index (χ3v) is 7.39. The highest BCUT2D eigenvalue weighted by Gasteiger charge is 2.34. The number of nitrogens with zero attached hydrogens (tertiary/aromatic N) is 3. The number of carbonyl (C=O) groups is 1. The fraction of sp³-hybridized carbons (Fsp3) is 0.526. The Kier molecular flexibility index (Phi) is 4.75. The molecule has 0 N–H and O–H groups in total. The Morgan fingerprint density at radius 1 is 1.08 bits per heavy atom. The van der Waals surface area contributed by atoms with E-state index in [-0.39, 0.29) is 17.7 Å². The Bertz CT molecular complexity index is 898. The first-order valence-corrected chi connectivity index (χ1v) is 11.1. The monoisotopic (exact) mass is 375 g/mol. The highest BCUT2D eigenvalue weighted by atomic mass is 32.2. The summed E-state index contributed by atoms with van der Waals surface area (Å²) < 4.78 is 25.4. The van der Waals surface area contributed by atoms with Crippen molar-refractivity contribution in [3.63, 3.8) is 0 Å². The summed E-state index contributed by atoms with van der Waals surface area (Å²) in [5.41, 5.74) is 1.16. The highest BCUT2D eigenvalue weighted by Crippen LogP contribution is 2.20. The minimum Gasteiger partial charge on any atom is -0.347 e. The van der Waals surface area contributed by atoms with Crippen molar-refractivity contribution < 1.29 is 13.2 Å². The number of benzene rings is 1. The van der Waals surface area contributed by atoms with Gasteiger partial charge in [0.1, 0.15) is 0 Å². The molecule has 7 heteroatoms. The molecule has 0 bridgehead atoms. The number of aryl methyl sites for hydroxylation is 1. The molecule has 2 aliphatic heterocycles. The van der Waals surface area contributed by atoms with E-state index in [4.69, 9.17) is 0 Å². The summed E-state index contributed by atoms with van der Waals surface area (Å²) in [7, 11) is -2.85. The Morgan fingerprint density at radius 3 is 2.58 bits per heavy atom. The van der Waals surface area contributed by atoms with Crippen LogP contribution in [0.5, 0.6) is 0 Å². The van der Waals surface area contributed by atoms with Gasteiger partial charge in [-0.1, -0.05) is 18.2 Å². The molecule has 0 saturated carbocycles. The number of hydrogen-bond acceptors (Lipinski definition) is 4. The normalized spacial score (nSPS) is 23.5. The Balaban J connectivity index is 1.29. The van der Waals surface area contributed by atoms with Gasteiger partial charge in [-0.25, -0.2) is 8.42 Å². The molecule has 1 atom stereocenters. The zero-order valence-corrected chi connectivity index (χ0v) is 15.7. The van der Waals surface area contributed by atoms with Gasteiger partial charge in [-0.2, -0.15) is 0 Å². The van der Waals surface area contributed by atoms with Crippen molar-refractivity contribution in [3.8, 4) is 0 Å². The molecule has 0 aliphatic carbocycles. The maximum Gasteiger partial charge on any atom is 0.224 e. The first-order valence-electron chi connectivity index (χ1n) is 9.28. The van der Waals surface area contributed by atoms with Crippen molar-refractivity contribution in [1.82, 2.24) is 14.4 Å². The van der Waals surface area contributed by atoms with E-state index in [9.17, 15) is 13.2 Å². The maximum absolute atomic E-state index is 12.6. The molecule has 6 nitrogen and oxygen atoms in total. The summed E-state index contributed by atoms with van der Waals surface area (Å²) in [6.45, 7) is 3.63. The summed E-state index contributed by atoms with van der Waals surface area (Å²) in [4.78, 5) is 16.7. The molecule has 1 aromatic heterocycles. The van der Waals surface area contributed by atoms with E-state index in [2.05, 4.69) is 27.7 Å². The number of aromatic nitrogens is 1. The fourth-order valence-electron chi connectivity index (χ4n) is 4.11. The third-order valence-electron chi connectivity index (χ3n) is 5.64. The average Bonchev–Trinajstić information content (AvgIpc) is 3.23. The number of fused-ring (bicyclic) bond motifs is 1. The van der Waals surface area contributed by atoms with Crippen LogP contribution >= 0.6 is 0 Å². The van der Waals surface area contributed by atoms with E-state index in [0.29, 0.717) is 31.8 Å². The molecule has 2 aliphatic rings.